The Hall–Kier alpha value is -1.29. The van der Waals surface area contributed by atoms with Crippen molar-refractivity contribution < 1.29 is 18.0 Å². The molecule has 27 heavy (non-hydrogen) atoms. The summed E-state index contributed by atoms with van der Waals surface area (Å²) in [5.74, 6) is -0.0965. The third-order valence-corrected chi connectivity index (χ3v) is 8.01. The predicted molar refractivity (Wildman–Crippen MR) is 107 cm³/mol. The summed E-state index contributed by atoms with van der Waals surface area (Å²) in [5, 5.41) is 0. The van der Waals surface area contributed by atoms with Crippen molar-refractivity contribution in [3.8, 4) is 0 Å². The van der Waals surface area contributed by atoms with Gasteiger partial charge in [-0.2, -0.15) is 17.0 Å². The van der Waals surface area contributed by atoms with Crippen LogP contribution < -0.4 is 0 Å². The highest BCUT2D eigenvalue weighted by atomic mass is 32.2. The number of ketones is 1. The molecule has 2 heterocycles. The Labute approximate surface area is 166 Å². The third-order valence-electron chi connectivity index (χ3n) is 4.86. The van der Waals surface area contributed by atoms with Crippen LogP contribution in [0.5, 0.6) is 0 Å². The number of amides is 1. The SMILES string of the molecule is CCN(CC)S(=O)(=O)N1CCN(C(=O)CCC(=O)c2cc(C)sc2C)CC1. The van der Waals surface area contributed by atoms with Gasteiger partial charge < -0.3 is 4.90 Å². The lowest BCUT2D eigenvalue weighted by Gasteiger charge is -2.36. The minimum atomic E-state index is -3.46. The average molecular weight is 416 g/mol. The van der Waals surface area contributed by atoms with Crippen LogP contribution in [0.25, 0.3) is 0 Å². The maximum absolute atomic E-state index is 12.5. The van der Waals surface area contributed by atoms with E-state index >= 15 is 0 Å². The minimum Gasteiger partial charge on any atom is -0.340 e. The van der Waals surface area contributed by atoms with Crippen molar-refractivity contribution in [1.29, 1.82) is 0 Å². The van der Waals surface area contributed by atoms with Gasteiger partial charge in [-0.3, -0.25) is 9.59 Å². The Balaban J connectivity index is 1.86. The zero-order valence-electron chi connectivity index (χ0n) is 16.5. The van der Waals surface area contributed by atoms with Crippen LogP contribution in [0.15, 0.2) is 6.07 Å². The van der Waals surface area contributed by atoms with E-state index in [2.05, 4.69) is 0 Å². The summed E-state index contributed by atoms with van der Waals surface area (Å²) in [5.41, 5.74) is 0.709. The third kappa shape index (κ3) is 5.16. The molecule has 9 heteroatoms. The van der Waals surface area contributed by atoms with E-state index < -0.39 is 10.2 Å². The van der Waals surface area contributed by atoms with Crippen LogP contribution in [0.4, 0.5) is 0 Å². The summed E-state index contributed by atoms with van der Waals surface area (Å²) in [6.07, 6.45) is 0.351. The smallest absolute Gasteiger partial charge is 0.282 e. The van der Waals surface area contributed by atoms with Gasteiger partial charge in [-0.25, -0.2) is 0 Å². The summed E-state index contributed by atoms with van der Waals surface area (Å²) in [7, 11) is -3.46. The zero-order valence-corrected chi connectivity index (χ0v) is 18.2. The molecule has 1 aromatic rings. The van der Waals surface area contributed by atoms with Gasteiger partial charge in [-0.15, -0.1) is 11.3 Å². The first-order valence-electron chi connectivity index (χ1n) is 9.33. The molecule has 1 fully saturated rings. The molecular weight excluding hydrogens is 386 g/mol. The van der Waals surface area contributed by atoms with Crippen LogP contribution in [0.3, 0.4) is 0 Å². The molecule has 1 aliphatic heterocycles. The van der Waals surface area contributed by atoms with Crippen LogP contribution in [0.1, 0.15) is 46.8 Å². The van der Waals surface area contributed by atoms with Crippen molar-refractivity contribution in [2.24, 2.45) is 0 Å². The molecule has 2 rings (SSSR count). The Morgan fingerprint density at radius 3 is 2.15 bits per heavy atom. The quantitative estimate of drug-likeness (QED) is 0.609. The topological polar surface area (TPSA) is 78.0 Å². The van der Waals surface area contributed by atoms with E-state index in [-0.39, 0.29) is 24.5 Å². The fraction of sp³-hybridized carbons (Fsp3) is 0.667. The second kappa shape index (κ2) is 9.27. The van der Waals surface area contributed by atoms with Gasteiger partial charge in [0.15, 0.2) is 5.78 Å². The lowest BCUT2D eigenvalue weighted by molar-refractivity contribution is -0.132. The van der Waals surface area contributed by atoms with E-state index in [1.54, 1.807) is 16.2 Å². The van der Waals surface area contributed by atoms with Gasteiger partial charge in [0.25, 0.3) is 10.2 Å². The lowest BCUT2D eigenvalue weighted by atomic mass is 10.1. The largest absolute Gasteiger partial charge is 0.340 e. The van der Waals surface area contributed by atoms with Gasteiger partial charge in [-0.1, -0.05) is 13.8 Å². The van der Waals surface area contributed by atoms with E-state index in [0.29, 0.717) is 44.8 Å². The van der Waals surface area contributed by atoms with Crippen molar-refractivity contribution in [2.45, 2.75) is 40.5 Å². The molecule has 0 aliphatic carbocycles. The molecule has 0 bridgehead atoms. The summed E-state index contributed by atoms with van der Waals surface area (Å²) in [6, 6.07) is 1.88. The van der Waals surface area contributed by atoms with E-state index in [0.717, 1.165) is 9.75 Å². The Bertz CT molecular complexity index is 777. The summed E-state index contributed by atoms with van der Waals surface area (Å²) in [4.78, 5) is 28.5. The van der Waals surface area contributed by atoms with Crippen LogP contribution in [0, 0.1) is 13.8 Å². The maximum atomic E-state index is 12.5. The number of thiophene rings is 1. The standard InChI is InChI=1S/C18H29N3O4S2/c1-5-20(6-2)27(24,25)21-11-9-19(10-12-21)18(23)8-7-17(22)16-13-14(3)26-15(16)4/h13H,5-12H2,1-4H3. The molecule has 1 aliphatic rings. The van der Waals surface area contributed by atoms with Gasteiger partial charge in [0.1, 0.15) is 0 Å². The fourth-order valence-electron chi connectivity index (χ4n) is 3.30. The highest BCUT2D eigenvalue weighted by Crippen LogP contribution is 2.22. The van der Waals surface area contributed by atoms with Crippen molar-refractivity contribution in [2.75, 3.05) is 39.3 Å². The molecule has 1 aromatic heterocycles. The molecule has 7 nitrogen and oxygen atoms in total. The molecule has 1 amide bonds. The van der Waals surface area contributed by atoms with Gasteiger partial charge in [0.2, 0.25) is 5.91 Å². The number of nitrogens with zero attached hydrogens (tertiary/aromatic N) is 3. The second-order valence-corrected chi connectivity index (χ2v) is 10.0. The molecule has 0 unspecified atom stereocenters. The van der Waals surface area contributed by atoms with E-state index in [1.807, 2.05) is 33.8 Å². The van der Waals surface area contributed by atoms with E-state index in [9.17, 15) is 18.0 Å². The second-order valence-electron chi connectivity index (χ2n) is 6.62. The van der Waals surface area contributed by atoms with Crippen molar-refractivity contribution in [3.63, 3.8) is 0 Å². The van der Waals surface area contributed by atoms with Gasteiger partial charge in [0.05, 0.1) is 0 Å². The van der Waals surface area contributed by atoms with Crippen LogP contribution >= 0.6 is 11.3 Å². The number of aryl methyl sites for hydroxylation is 2. The van der Waals surface area contributed by atoms with Gasteiger partial charge in [0, 0.05) is 67.4 Å². The molecule has 0 radical (unpaired) electrons. The average Bonchev–Trinajstić information content (AvgIpc) is 2.98. The summed E-state index contributed by atoms with van der Waals surface area (Å²) in [6.45, 7) is 9.69. The molecule has 1 saturated heterocycles. The number of rotatable bonds is 8. The van der Waals surface area contributed by atoms with Crippen molar-refractivity contribution in [3.05, 3.63) is 21.4 Å². The number of Topliss-reactive ketones (excluding diaryl/α,β-unsaturated/α-hetero) is 1. The van der Waals surface area contributed by atoms with Crippen molar-refractivity contribution in [1.82, 2.24) is 13.5 Å². The van der Waals surface area contributed by atoms with E-state index in [4.69, 9.17) is 0 Å². The molecule has 0 spiro atoms. The molecule has 0 saturated carbocycles. The highest BCUT2D eigenvalue weighted by molar-refractivity contribution is 7.86. The summed E-state index contributed by atoms with van der Waals surface area (Å²) >= 11 is 1.59. The van der Waals surface area contributed by atoms with Crippen molar-refractivity contribution >= 4 is 33.2 Å². The Morgan fingerprint density at radius 1 is 1.07 bits per heavy atom. The molecule has 0 N–H and O–H groups in total. The molecule has 152 valence electrons. The monoisotopic (exact) mass is 415 g/mol. The highest BCUT2D eigenvalue weighted by Gasteiger charge is 2.32. The van der Waals surface area contributed by atoms with Crippen LogP contribution in [-0.4, -0.2) is 72.9 Å². The van der Waals surface area contributed by atoms with E-state index in [1.165, 1.54) is 8.61 Å². The molecule has 0 aromatic carbocycles. The zero-order chi connectivity index (χ0) is 20.2. The van der Waals surface area contributed by atoms with Crippen LogP contribution in [-0.2, 0) is 15.0 Å². The number of hydrogen-bond acceptors (Lipinski definition) is 5. The number of hydrogen-bond donors (Lipinski definition) is 0. The van der Waals surface area contributed by atoms with Gasteiger partial charge >= 0.3 is 0 Å². The normalized spacial score (nSPS) is 16.1. The predicted octanol–water partition coefficient (Wildman–Crippen LogP) is 2.06. The Morgan fingerprint density at radius 2 is 1.67 bits per heavy atom. The number of carbonyl (C=O) groups excluding carboxylic acids is 2. The summed E-state index contributed by atoms with van der Waals surface area (Å²) < 4.78 is 27.9. The minimum absolute atomic E-state index is 0.00653. The molecule has 0 atom stereocenters. The first kappa shape index (κ1) is 22.0. The number of piperazine rings is 1. The lowest BCUT2D eigenvalue weighted by Crippen LogP contribution is -2.54. The van der Waals surface area contributed by atoms with Gasteiger partial charge in [-0.05, 0) is 19.9 Å². The first-order chi connectivity index (χ1) is 12.7. The Kier molecular flexibility index (Phi) is 7.55. The number of carbonyl (C=O) groups is 2. The molecular formula is C18H29N3O4S2. The van der Waals surface area contributed by atoms with Crippen LogP contribution in [0.2, 0.25) is 0 Å². The first-order valence-corrected chi connectivity index (χ1v) is 11.5. The maximum Gasteiger partial charge on any atom is 0.282 e. The fourth-order valence-corrected chi connectivity index (χ4v) is 5.85.